The van der Waals surface area contributed by atoms with E-state index in [-0.39, 0.29) is 5.56 Å². The number of nitrogens with zero attached hydrogens (tertiary/aromatic N) is 1. The summed E-state index contributed by atoms with van der Waals surface area (Å²) in [5, 5.41) is 11.5. The SMILES string of the molecule is COc1ccc2c(-c3ccccc3C(=O)O)c3ccc(=[N+](C)C)cc-3oc2c1. The lowest BCUT2D eigenvalue weighted by Crippen LogP contribution is -2.21. The molecule has 28 heavy (non-hydrogen) atoms. The van der Waals surface area contributed by atoms with Crippen LogP contribution in [0.5, 0.6) is 5.75 Å². The lowest BCUT2D eigenvalue weighted by molar-refractivity contribution is 0.0697. The van der Waals surface area contributed by atoms with Crippen molar-refractivity contribution >= 4 is 16.9 Å². The summed E-state index contributed by atoms with van der Waals surface area (Å²) in [5.41, 5.74) is 3.24. The van der Waals surface area contributed by atoms with Crippen molar-refractivity contribution in [2.45, 2.75) is 0 Å². The molecule has 0 fully saturated rings. The number of hydrogen-bond donors (Lipinski definition) is 1. The molecule has 0 aromatic heterocycles. The fourth-order valence-corrected chi connectivity index (χ4v) is 3.44. The highest BCUT2D eigenvalue weighted by molar-refractivity contribution is 6.07. The normalized spacial score (nSPS) is 11.0. The highest BCUT2D eigenvalue weighted by Gasteiger charge is 2.21. The van der Waals surface area contributed by atoms with E-state index in [1.807, 2.05) is 67.2 Å². The number of rotatable bonds is 3. The third kappa shape index (κ3) is 2.91. The third-order valence-electron chi connectivity index (χ3n) is 4.86. The first-order valence-corrected chi connectivity index (χ1v) is 8.87. The van der Waals surface area contributed by atoms with Gasteiger partial charge in [0.05, 0.1) is 18.7 Å². The number of benzene rings is 3. The van der Waals surface area contributed by atoms with Crippen LogP contribution in [0, 0.1) is 0 Å². The van der Waals surface area contributed by atoms with Gasteiger partial charge in [0.2, 0.25) is 5.36 Å². The molecule has 1 heterocycles. The average Bonchev–Trinajstić information content (AvgIpc) is 2.70. The summed E-state index contributed by atoms with van der Waals surface area (Å²) < 4.78 is 13.5. The van der Waals surface area contributed by atoms with E-state index in [9.17, 15) is 9.90 Å². The van der Waals surface area contributed by atoms with Crippen LogP contribution >= 0.6 is 0 Å². The maximum Gasteiger partial charge on any atom is 0.336 e. The first kappa shape index (κ1) is 17.8. The molecule has 1 N–H and O–H groups in total. The smallest absolute Gasteiger partial charge is 0.336 e. The number of ether oxygens (including phenoxy) is 1. The predicted molar refractivity (Wildman–Crippen MR) is 109 cm³/mol. The molecule has 2 aromatic rings. The fourth-order valence-electron chi connectivity index (χ4n) is 3.44. The molecule has 0 radical (unpaired) electrons. The Morgan fingerprint density at radius 2 is 1.79 bits per heavy atom. The van der Waals surface area contributed by atoms with Crippen LogP contribution in [0.3, 0.4) is 0 Å². The van der Waals surface area contributed by atoms with E-state index in [0.717, 1.165) is 21.9 Å². The summed E-state index contributed by atoms with van der Waals surface area (Å²) in [6.07, 6.45) is 0. The standard InChI is InChI=1S/C23H19NO4/c1-24(2)14-8-10-18-20(12-14)28-21-13-15(27-3)9-11-19(21)22(18)16-6-4-5-7-17(16)23(25)26/h4-13H,1-3H3/p+1. The Kier molecular flexibility index (Phi) is 4.35. The maximum absolute atomic E-state index is 11.9. The molecule has 0 saturated carbocycles. The molecule has 2 aliphatic rings. The van der Waals surface area contributed by atoms with Crippen LogP contribution in [0.1, 0.15) is 10.4 Å². The molecule has 1 aliphatic heterocycles. The Morgan fingerprint density at radius 1 is 1.00 bits per heavy atom. The molecule has 0 spiro atoms. The molecule has 5 nitrogen and oxygen atoms in total. The summed E-state index contributed by atoms with van der Waals surface area (Å²) in [4.78, 5) is 11.9. The molecule has 4 rings (SSSR count). The number of methoxy groups -OCH3 is 1. The fraction of sp³-hybridized carbons (Fsp3) is 0.130. The second kappa shape index (κ2) is 6.85. The van der Waals surface area contributed by atoms with Gasteiger partial charge in [-0.05, 0) is 29.8 Å². The van der Waals surface area contributed by atoms with Gasteiger partial charge in [-0.1, -0.05) is 18.2 Å². The summed E-state index contributed by atoms with van der Waals surface area (Å²) in [6.45, 7) is 0. The second-order valence-corrected chi connectivity index (χ2v) is 6.76. The molecule has 2 aromatic carbocycles. The van der Waals surface area contributed by atoms with Gasteiger partial charge < -0.3 is 14.3 Å². The van der Waals surface area contributed by atoms with Crippen LogP contribution in [0.15, 0.2) is 65.1 Å². The van der Waals surface area contributed by atoms with Crippen molar-refractivity contribution in [2.24, 2.45) is 0 Å². The second-order valence-electron chi connectivity index (χ2n) is 6.76. The van der Waals surface area contributed by atoms with E-state index in [0.29, 0.717) is 22.7 Å². The van der Waals surface area contributed by atoms with Gasteiger partial charge in [-0.25, -0.2) is 9.37 Å². The Balaban J connectivity index is 2.20. The topological polar surface area (TPSA) is 62.7 Å². The maximum atomic E-state index is 11.9. The minimum absolute atomic E-state index is 0.254. The predicted octanol–water partition coefficient (Wildman–Crippen LogP) is 3.94. The molecular formula is C23H20NO4+. The van der Waals surface area contributed by atoms with E-state index in [1.54, 1.807) is 19.2 Å². The van der Waals surface area contributed by atoms with Crippen LogP contribution in [0.4, 0.5) is 0 Å². The van der Waals surface area contributed by atoms with Crippen molar-refractivity contribution in [3.8, 4) is 28.2 Å². The van der Waals surface area contributed by atoms with Crippen LogP contribution in [-0.2, 0) is 0 Å². The number of carbonyl (C=O) groups is 1. The number of carboxylic acid groups (broad SMARTS) is 1. The molecule has 140 valence electrons. The summed E-state index contributed by atoms with van der Waals surface area (Å²) in [7, 11) is 5.53. The van der Waals surface area contributed by atoms with Gasteiger partial charge in [0.15, 0.2) is 0 Å². The Bertz CT molecular complexity index is 1250. The molecular weight excluding hydrogens is 354 g/mol. The zero-order chi connectivity index (χ0) is 19.8. The van der Waals surface area contributed by atoms with Gasteiger partial charge in [0.25, 0.3) is 0 Å². The molecule has 0 saturated heterocycles. The zero-order valence-electron chi connectivity index (χ0n) is 15.9. The molecule has 1 aliphatic carbocycles. The van der Waals surface area contributed by atoms with Crippen LogP contribution in [0.25, 0.3) is 33.4 Å². The Morgan fingerprint density at radius 3 is 2.50 bits per heavy atom. The van der Waals surface area contributed by atoms with Crippen LogP contribution in [0.2, 0.25) is 0 Å². The van der Waals surface area contributed by atoms with E-state index in [4.69, 9.17) is 9.15 Å². The minimum Gasteiger partial charge on any atom is -0.497 e. The van der Waals surface area contributed by atoms with Gasteiger partial charge >= 0.3 is 5.97 Å². The average molecular weight is 374 g/mol. The molecule has 0 atom stereocenters. The van der Waals surface area contributed by atoms with E-state index < -0.39 is 5.97 Å². The molecule has 0 amide bonds. The van der Waals surface area contributed by atoms with Gasteiger partial charge in [-0.2, -0.15) is 0 Å². The number of aromatic carboxylic acids is 1. The van der Waals surface area contributed by atoms with E-state index in [2.05, 4.69) is 0 Å². The van der Waals surface area contributed by atoms with Gasteiger partial charge in [0.1, 0.15) is 31.2 Å². The summed E-state index contributed by atoms with van der Waals surface area (Å²) in [6, 6.07) is 18.6. The number of hydrogen-bond acceptors (Lipinski definition) is 3. The van der Waals surface area contributed by atoms with Crippen molar-refractivity contribution in [3.63, 3.8) is 0 Å². The first-order chi connectivity index (χ1) is 13.5. The van der Waals surface area contributed by atoms with Gasteiger partial charge in [0, 0.05) is 28.6 Å². The first-order valence-electron chi connectivity index (χ1n) is 8.87. The number of carboxylic acids is 1. The zero-order valence-corrected chi connectivity index (χ0v) is 15.9. The number of fused-ring (bicyclic) bond motifs is 2. The van der Waals surface area contributed by atoms with Crippen molar-refractivity contribution in [1.82, 2.24) is 4.58 Å². The van der Waals surface area contributed by atoms with Crippen molar-refractivity contribution in [1.29, 1.82) is 0 Å². The monoisotopic (exact) mass is 374 g/mol. The molecule has 0 unspecified atom stereocenters. The van der Waals surface area contributed by atoms with Crippen molar-refractivity contribution < 1.29 is 19.1 Å². The van der Waals surface area contributed by atoms with Crippen molar-refractivity contribution in [3.05, 3.63) is 71.6 Å². The Labute approximate surface area is 162 Å². The lowest BCUT2D eigenvalue weighted by atomic mass is 9.91. The highest BCUT2D eigenvalue weighted by Crippen LogP contribution is 2.41. The molecule has 0 bridgehead atoms. The largest absolute Gasteiger partial charge is 0.497 e. The van der Waals surface area contributed by atoms with Gasteiger partial charge in [-0.15, -0.1) is 0 Å². The minimum atomic E-state index is -0.962. The Hall–Kier alpha value is -3.60. The third-order valence-corrected chi connectivity index (χ3v) is 4.86. The van der Waals surface area contributed by atoms with Crippen molar-refractivity contribution in [2.75, 3.05) is 21.2 Å². The lowest BCUT2D eigenvalue weighted by Gasteiger charge is -2.17. The van der Waals surface area contributed by atoms with Crippen LogP contribution in [-0.4, -0.2) is 32.3 Å². The van der Waals surface area contributed by atoms with Crippen LogP contribution < -0.4 is 14.7 Å². The van der Waals surface area contributed by atoms with E-state index in [1.165, 1.54) is 0 Å². The van der Waals surface area contributed by atoms with E-state index >= 15 is 0 Å². The highest BCUT2D eigenvalue weighted by atomic mass is 16.5. The summed E-state index contributed by atoms with van der Waals surface area (Å²) in [5.74, 6) is 0.398. The quantitative estimate of drug-likeness (QED) is 0.436. The molecule has 5 heteroatoms. The summed E-state index contributed by atoms with van der Waals surface area (Å²) >= 11 is 0. The van der Waals surface area contributed by atoms with Gasteiger partial charge in [-0.3, -0.25) is 0 Å².